The van der Waals surface area contributed by atoms with Gasteiger partial charge in [0.25, 0.3) is 0 Å². The maximum atomic E-state index is 4.61. The fraction of sp³-hybridized carbons (Fsp3) is 0.353. The highest BCUT2D eigenvalue weighted by Gasteiger charge is 2.20. The molecule has 1 aliphatic heterocycles. The largest absolute Gasteiger partial charge is 0.335 e. The number of benzene rings is 2. The molecule has 0 bridgehead atoms. The minimum absolute atomic E-state index is 0.637. The molecule has 1 unspecified atom stereocenters. The summed E-state index contributed by atoms with van der Waals surface area (Å²) in [5.74, 6) is 0.739. The molecule has 1 N–H and O–H groups in total. The van der Waals surface area contributed by atoms with Crippen LogP contribution in [0.1, 0.15) is 20.3 Å². The lowest BCUT2D eigenvalue weighted by Gasteiger charge is -2.11. The molecule has 1 atom stereocenters. The van der Waals surface area contributed by atoms with E-state index in [1.165, 1.54) is 17.2 Å². The molecule has 3 rings (SSSR count). The Morgan fingerprint density at radius 3 is 2.80 bits per heavy atom. The van der Waals surface area contributed by atoms with Gasteiger partial charge in [-0.05, 0) is 35.2 Å². The number of nitrogens with zero attached hydrogens (tertiary/aromatic N) is 1. The highest BCUT2D eigenvalue weighted by molar-refractivity contribution is 8.15. The van der Waals surface area contributed by atoms with Crippen LogP contribution in [0.5, 0.6) is 0 Å². The van der Waals surface area contributed by atoms with Gasteiger partial charge in [0.05, 0.1) is 6.54 Å². The molecule has 0 aromatic heterocycles. The van der Waals surface area contributed by atoms with Crippen molar-refractivity contribution in [3.63, 3.8) is 0 Å². The Hall–Kier alpha value is -1.48. The van der Waals surface area contributed by atoms with E-state index >= 15 is 0 Å². The van der Waals surface area contributed by atoms with Crippen molar-refractivity contribution in [2.24, 2.45) is 10.9 Å². The van der Waals surface area contributed by atoms with Gasteiger partial charge in [-0.15, -0.1) is 0 Å². The molecule has 0 fully saturated rings. The third kappa shape index (κ3) is 3.15. The summed E-state index contributed by atoms with van der Waals surface area (Å²) in [7, 11) is 0. The Bertz CT molecular complexity index is 634. The number of nitrogens with one attached hydrogen (secondary N) is 1. The number of rotatable bonds is 3. The molecular weight excluding hydrogens is 264 g/mol. The van der Waals surface area contributed by atoms with Crippen molar-refractivity contribution >= 4 is 33.4 Å². The molecule has 2 aromatic carbocycles. The molecule has 0 saturated carbocycles. The van der Waals surface area contributed by atoms with Crippen molar-refractivity contribution in [1.29, 1.82) is 0 Å². The van der Waals surface area contributed by atoms with E-state index in [0.29, 0.717) is 5.25 Å². The maximum Gasteiger partial charge on any atom is 0.161 e. The van der Waals surface area contributed by atoms with Gasteiger partial charge in [-0.1, -0.05) is 55.9 Å². The minimum atomic E-state index is 0.637. The Labute approximate surface area is 124 Å². The van der Waals surface area contributed by atoms with Crippen LogP contribution in [0.3, 0.4) is 0 Å². The second-order valence-electron chi connectivity index (χ2n) is 5.70. The second kappa shape index (κ2) is 5.88. The lowest BCUT2D eigenvalue weighted by molar-refractivity contribution is 0.575. The fourth-order valence-corrected chi connectivity index (χ4v) is 3.80. The highest BCUT2D eigenvalue weighted by Crippen LogP contribution is 2.28. The SMILES string of the molecule is CC(C)CC1CN=C(Nc2ccc3ccccc3c2)S1. The molecule has 20 heavy (non-hydrogen) atoms. The van der Waals surface area contributed by atoms with E-state index in [4.69, 9.17) is 0 Å². The molecule has 0 aliphatic carbocycles. The Morgan fingerprint density at radius 2 is 2.00 bits per heavy atom. The average molecular weight is 284 g/mol. The van der Waals surface area contributed by atoms with Crippen LogP contribution in [0.25, 0.3) is 10.8 Å². The maximum absolute atomic E-state index is 4.61. The van der Waals surface area contributed by atoms with Gasteiger partial charge in [0.15, 0.2) is 5.17 Å². The second-order valence-corrected chi connectivity index (χ2v) is 6.99. The number of amidine groups is 1. The monoisotopic (exact) mass is 284 g/mol. The summed E-state index contributed by atoms with van der Waals surface area (Å²) in [5.41, 5.74) is 1.13. The minimum Gasteiger partial charge on any atom is -0.335 e. The van der Waals surface area contributed by atoms with E-state index < -0.39 is 0 Å². The molecule has 104 valence electrons. The first kappa shape index (κ1) is 13.5. The number of hydrogen-bond acceptors (Lipinski definition) is 3. The van der Waals surface area contributed by atoms with Crippen LogP contribution in [0.15, 0.2) is 47.5 Å². The normalized spacial score (nSPS) is 18.6. The predicted octanol–water partition coefficient (Wildman–Crippen LogP) is 4.77. The third-order valence-corrected chi connectivity index (χ3v) is 4.58. The molecule has 1 heterocycles. The van der Waals surface area contributed by atoms with Gasteiger partial charge in [0.2, 0.25) is 0 Å². The van der Waals surface area contributed by atoms with Crippen molar-refractivity contribution in [1.82, 2.24) is 0 Å². The first-order valence-corrected chi connectivity index (χ1v) is 8.05. The zero-order chi connectivity index (χ0) is 13.9. The van der Waals surface area contributed by atoms with Crippen molar-refractivity contribution in [3.05, 3.63) is 42.5 Å². The summed E-state index contributed by atoms with van der Waals surface area (Å²) in [6.07, 6.45) is 1.23. The van der Waals surface area contributed by atoms with Gasteiger partial charge in [0.1, 0.15) is 0 Å². The van der Waals surface area contributed by atoms with Crippen LogP contribution in [0.4, 0.5) is 5.69 Å². The van der Waals surface area contributed by atoms with Crippen molar-refractivity contribution in [2.45, 2.75) is 25.5 Å². The Balaban J connectivity index is 1.68. The van der Waals surface area contributed by atoms with Crippen LogP contribution < -0.4 is 5.32 Å². The van der Waals surface area contributed by atoms with Crippen molar-refractivity contribution in [2.75, 3.05) is 11.9 Å². The lowest BCUT2D eigenvalue weighted by Crippen LogP contribution is -2.09. The molecule has 2 aromatic rings. The topological polar surface area (TPSA) is 24.4 Å². The van der Waals surface area contributed by atoms with E-state index in [9.17, 15) is 0 Å². The molecule has 0 amide bonds. The highest BCUT2D eigenvalue weighted by atomic mass is 32.2. The Kier molecular flexibility index (Phi) is 3.97. The first-order chi connectivity index (χ1) is 9.70. The first-order valence-electron chi connectivity index (χ1n) is 7.17. The van der Waals surface area contributed by atoms with Gasteiger partial charge >= 0.3 is 0 Å². The van der Waals surface area contributed by atoms with E-state index in [2.05, 4.69) is 66.6 Å². The molecule has 0 saturated heterocycles. The van der Waals surface area contributed by atoms with Crippen LogP contribution >= 0.6 is 11.8 Å². The lowest BCUT2D eigenvalue weighted by atomic mass is 10.1. The number of fused-ring (bicyclic) bond motifs is 1. The molecule has 0 radical (unpaired) electrons. The molecule has 0 spiro atoms. The van der Waals surface area contributed by atoms with Crippen LogP contribution in [-0.2, 0) is 0 Å². The quantitative estimate of drug-likeness (QED) is 0.878. The van der Waals surface area contributed by atoms with Gasteiger partial charge in [-0.25, -0.2) is 0 Å². The van der Waals surface area contributed by atoms with Crippen LogP contribution in [0.2, 0.25) is 0 Å². The zero-order valence-corrected chi connectivity index (χ0v) is 12.8. The number of anilines is 1. The number of aliphatic imine (C=N–C) groups is 1. The summed E-state index contributed by atoms with van der Waals surface area (Å²) >= 11 is 1.88. The van der Waals surface area contributed by atoms with Gasteiger partial charge in [0, 0.05) is 10.9 Å². The van der Waals surface area contributed by atoms with Gasteiger partial charge < -0.3 is 5.32 Å². The molecule has 1 aliphatic rings. The third-order valence-electron chi connectivity index (χ3n) is 3.45. The predicted molar refractivity (Wildman–Crippen MR) is 90.7 cm³/mol. The summed E-state index contributed by atoms with van der Waals surface area (Å²) in [6, 6.07) is 14.9. The summed E-state index contributed by atoms with van der Waals surface area (Å²) < 4.78 is 0. The van der Waals surface area contributed by atoms with Crippen LogP contribution in [0, 0.1) is 5.92 Å². The van der Waals surface area contributed by atoms with E-state index in [0.717, 1.165) is 23.3 Å². The van der Waals surface area contributed by atoms with Crippen LogP contribution in [-0.4, -0.2) is 17.0 Å². The number of hydrogen-bond donors (Lipinski definition) is 1. The molecule has 2 nitrogen and oxygen atoms in total. The van der Waals surface area contributed by atoms with Crippen molar-refractivity contribution < 1.29 is 0 Å². The van der Waals surface area contributed by atoms with E-state index in [-0.39, 0.29) is 0 Å². The smallest absolute Gasteiger partial charge is 0.161 e. The average Bonchev–Trinajstić information content (AvgIpc) is 2.85. The van der Waals surface area contributed by atoms with E-state index in [1.54, 1.807) is 0 Å². The molecule has 3 heteroatoms. The summed E-state index contributed by atoms with van der Waals surface area (Å²) in [5, 5.41) is 7.69. The zero-order valence-electron chi connectivity index (χ0n) is 12.0. The van der Waals surface area contributed by atoms with Crippen molar-refractivity contribution in [3.8, 4) is 0 Å². The number of thioether (sulfide) groups is 1. The molecular formula is C17H20N2S. The fourth-order valence-electron chi connectivity index (χ4n) is 2.53. The Morgan fingerprint density at radius 1 is 1.20 bits per heavy atom. The van der Waals surface area contributed by atoms with E-state index in [1.807, 2.05) is 11.8 Å². The standard InChI is InChI=1S/C17H20N2S/c1-12(2)9-16-11-18-17(20-16)19-15-8-7-13-5-3-4-6-14(13)10-15/h3-8,10,12,16H,9,11H2,1-2H3,(H,18,19). The van der Waals surface area contributed by atoms with Gasteiger partial charge in [-0.3, -0.25) is 4.99 Å². The van der Waals surface area contributed by atoms with Gasteiger partial charge in [-0.2, -0.15) is 0 Å². The summed E-state index contributed by atoms with van der Waals surface area (Å²) in [4.78, 5) is 4.61. The summed E-state index contributed by atoms with van der Waals surface area (Å²) in [6.45, 7) is 5.49.